The molecule has 0 aliphatic heterocycles. The zero-order valence-electron chi connectivity index (χ0n) is 25.1. The first-order valence-electron chi connectivity index (χ1n) is 13.5. The number of carbonyl (C=O) groups is 4. The summed E-state index contributed by atoms with van der Waals surface area (Å²) in [5, 5.41) is 51.6. The van der Waals surface area contributed by atoms with E-state index in [1.54, 1.807) is 37.2 Å². The van der Waals surface area contributed by atoms with Crippen LogP contribution in [0.2, 0.25) is 0 Å². The molecule has 248 valence electrons. The largest absolute Gasteiger partial charge is 0.508 e. The molecule has 0 radical (unpaired) electrons. The van der Waals surface area contributed by atoms with Crippen LogP contribution in [-0.2, 0) is 32.3 Å². The van der Waals surface area contributed by atoms with Gasteiger partial charge in [-0.3, -0.25) is 0 Å². The Morgan fingerprint density at radius 3 is 1.50 bits per heavy atom. The van der Waals surface area contributed by atoms with Crippen LogP contribution in [0, 0.1) is 0 Å². The summed E-state index contributed by atoms with van der Waals surface area (Å²) in [4.78, 5) is 44.4. The third-order valence-electron chi connectivity index (χ3n) is 5.28. The molecule has 7 N–H and O–H groups in total. The fourth-order valence-corrected chi connectivity index (χ4v) is 3.10. The van der Waals surface area contributed by atoms with Crippen molar-refractivity contribution in [2.75, 3.05) is 13.2 Å². The fraction of sp³-hybridized carbons (Fsp3) is 0.267. The number of hydrogen-bond donors (Lipinski definition) is 7. The van der Waals surface area contributed by atoms with Crippen LogP contribution in [0.3, 0.4) is 0 Å². The molecule has 0 fully saturated rings. The van der Waals surface area contributed by atoms with Crippen molar-refractivity contribution in [2.45, 2.75) is 39.1 Å². The van der Waals surface area contributed by atoms with Gasteiger partial charge in [-0.25, -0.2) is 29.1 Å². The van der Waals surface area contributed by atoms with Gasteiger partial charge in [0.05, 0.1) is 12.7 Å². The molecule has 0 aliphatic rings. The first-order chi connectivity index (χ1) is 21.8. The summed E-state index contributed by atoms with van der Waals surface area (Å²) in [7, 11) is 0. The van der Waals surface area contributed by atoms with Crippen LogP contribution in [-0.4, -0.2) is 98.9 Å². The van der Waals surface area contributed by atoms with Crippen LogP contribution in [0.25, 0.3) is 0 Å². The molecule has 0 aliphatic carbocycles. The molecule has 16 nitrogen and oxygen atoms in total. The molecule has 0 amide bonds. The van der Waals surface area contributed by atoms with Crippen LogP contribution in [0.5, 0.6) is 11.5 Å². The van der Waals surface area contributed by atoms with Gasteiger partial charge in [-0.15, -0.1) is 0 Å². The van der Waals surface area contributed by atoms with E-state index < -0.39 is 30.0 Å². The average molecular weight is 644 g/mol. The summed E-state index contributed by atoms with van der Waals surface area (Å²) >= 11 is 0. The number of aromatic nitrogens is 4. The van der Waals surface area contributed by atoms with Gasteiger partial charge in [0.2, 0.25) is 0 Å². The maximum atomic E-state index is 9.79. The lowest BCUT2D eigenvalue weighted by molar-refractivity contribution is -0.159. The third-order valence-corrected chi connectivity index (χ3v) is 5.28. The lowest BCUT2D eigenvalue weighted by Crippen LogP contribution is -2.35. The molecular formula is C30H37N5O11. The first kappa shape index (κ1) is 38.3. The second kappa shape index (κ2) is 21.0. The van der Waals surface area contributed by atoms with E-state index in [2.05, 4.69) is 15.3 Å². The molecule has 1 atom stereocenters. The van der Waals surface area contributed by atoms with Crippen molar-refractivity contribution >= 4 is 23.9 Å². The van der Waals surface area contributed by atoms with Gasteiger partial charge in [-0.05, 0) is 35.4 Å². The van der Waals surface area contributed by atoms with Crippen molar-refractivity contribution in [2.24, 2.45) is 0 Å². The molecule has 0 bridgehead atoms. The van der Waals surface area contributed by atoms with E-state index in [1.165, 1.54) is 5.56 Å². The normalized spacial score (nSPS) is 10.5. The highest BCUT2D eigenvalue weighted by Gasteiger charge is 2.06. The van der Waals surface area contributed by atoms with E-state index in [1.807, 2.05) is 71.8 Å². The third kappa shape index (κ3) is 18.0. The number of nitrogens with one attached hydrogen (secondary N) is 1. The quantitative estimate of drug-likeness (QED) is 0.121. The Morgan fingerprint density at radius 1 is 0.739 bits per heavy atom. The Hall–Kier alpha value is -5.74. The molecule has 2 heterocycles. The van der Waals surface area contributed by atoms with Crippen molar-refractivity contribution in [3.63, 3.8) is 0 Å². The molecule has 2 aromatic heterocycles. The summed E-state index contributed by atoms with van der Waals surface area (Å²) in [5.74, 6) is -6.22. The van der Waals surface area contributed by atoms with Gasteiger partial charge in [0.1, 0.15) is 24.2 Å². The first-order valence-corrected chi connectivity index (χ1v) is 13.5. The molecule has 0 spiro atoms. The number of aliphatic carboxylic acids is 4. The number of imidazole rings is 2. The number of aliphatic hydroxyl groups excluding tert-OH is 1. The van der Waals surface area contributed by atoms with E-state index >= 15 is 0 Å². The van der Waals surface area contributed by atoms with E-state index in [9.17, 15) is 5.11 Å². The topological polar surface area (TPSA) is 247 Å². The van der Waals surface area contributed by atoms with Gasteiger partial charge >= 0.3 is 23.9 Å². The number of rotatable bonds is 10. The Balaban J connectivity index is 0.000000357. The highest BCUT2D eigenvalue weighted by Crippen LogP contribution is 2.13. The molecular weight excluding hydrogens is 606 g/mol. The van der Waals surface area contributed by atoms with Gasteiger partial charge in [-0.2, -0.15) is 0 Å². The van der Waals surface area contributed by atoms with Gasteiger partial charge < -0.3 is 49.8 Å². The number of aliphatic hydroxyl groups is 1. The molecule has 4 aromatic rings. The summed E-state index contributed by atoms with van der Waals surface area (Å²) in [6.07, 6.45) is 10.4. The highest BCUT2D eigenvalue weighted by molar-refractivity contribution is 6.27. The van der Waals surface area contributed by atoms with Gasteiger partial charge in [-0.1, -0.05) is 38.1 Å². The molecule has 4 rings (SSSR count). The highest BCUT2D eigenvalue weighted by atomic mass is 16.5. The minimum atomic E-state index is -1.82. The molecule has 0 saturated carbocycles. The number of carboxylic acids is 4. The Kier molecular flexibility index (Phi) is 17.5. The van der Waals surface area contributed by atoms with E-state index in [0.29, 0.717) is 24.9 Å². The maximum Gasteiger partial charge on any atom is 0.414 e. The summed E-state index contributed by atoms with van der Waals surface area (Å²) < 4.78 is 9.57. The number of aromatic hydroxyl groups is 1. The zero-order chi connectivity index (χ0) is 34.5. The summed E-state index contributed by atoms with van der Waals surface area (Å²) in [6.45, 7) is 6.51. The van der Waals surface area contributed by atoms with Crippen molar-refractivity contribution in [1.29, 1.82) is 0 Å². The number of phenolic OH excluding ortho intramolecular Hbond substituents is 1. The van der Waals surface area contributed by atoms with Crippen LogP contribution in [0.4, 0.5) is 0 Å². The Labute approximate surface area is 263 Å². The van der Waals surface area contributed by atoms with E-state index in [-0.39, 0.29) is 0 Å². The number of phenols is 1. The fourth-order valence-electron chi connectivity index (χ4n) is 3.10. The minimum Gasteiger partial charge on any atom is -0.508 e. The number of nitrogens with zero attached hydrogens (tertiary/aromatic N) is 4. The van der Waals surface area contributed by atoms with Gasteiger partial charge in [0.15, 0.2) is 0 Å². The number of ether oxygens (including phenoxy) is 1. The van der Waals surface area contributed by atoms with Crippen molar-refractivity contribution in [3.05, 3.63) is 97.1 Å². The molecule has 2 aromatic carbocycles. The molecule has 0 saturated heterocycles. The predicted octanol–water partition coefficient (Wildman–Crippen LogP) is 1.62. The second-order valence-electron chi connectivity index (χ2n) is 9.53. The number of hydrogen-bond acceptors (Lipinski definition) is 10. The van der Waals surface area contributed by atoms with E-state index in [0.717, 1.165) is 24.4 Å². The SMILES string of the molecule is CC(C)NCC(O)COc1ccc(Cn2ccnc2)cc1.O=C(O)C(=O)O.O=C(O)C(=O)O.Oc1ccc(Cn2ccnc2)cc1. The lowest BCUT2D eigenvalue weighted by atomic mass is 10.2. The Bertz CT molecular complexity index is 1390. The van der Waals surface area contributed by atoms with Crippen molar-refractivity contribution < 1.29 is 54.6 Å². The standard InChI is InChI=1S/C16H23N3O2.C10H10N2O.2C2H2O4/c1-13(2)18-9-15(20)11-21-16-5-3-14(4-6-16)10-19-8-7-17-12-19;13-10-3-1-9(2-4-10)7-12-6-5-11-8-12;2*3-1(4)2(5)6/h3-8,12-13,15,18,20H,9-11H2,1-2H3;1-6,8,13H,7H2;2*(H,3,4)(H,5,6). The smallest absolute Gasteiger partial charge is 0.414 e. The summed E-state index contributed by atoms with van der Waals surface area (Å²) in [5.41, 5.74) is 2.33. The maximum absolute atomic E-state index is 9.79. The second-order valence-corrected chi connectivity index (χ2v) is 9.53. The molecule has 1 unspecified atom stereocenters. The molecule has 16 heteroatoms. The average Bonchev–Trinajstić information content (AvgIpc) is 3.73. The van der Waals surface area contributed by atoms with Crippen LogP contribution in [0.15, 0.2) is 86.0 Å². The van der Waals surface area contributed by atoms with E-state index in [4.69, 9.17) is 49.4 Å². The van der Waals surface area contributed by atoms with Crippen molar-refractivity contribution in [3.8, 4) is 11.5 Å². The zero-order valence-corrected chi connectivity index (χ0v) is 25.1. The number of benzene rings is 2. The van der Waals surface area contributed by atoms with Crippen LogP contribution in [0.1, 0.15) is 25.0 Å². The van der Waals surface area contributed by atoms with Crippen molar-refractivity contribution in [1.82, 2.24) is 24.4 Å². The summed E-state index contributed by atoms with van der Waals surface area (Å²) in [6, 6.07) is 15.4. The Morgan fingerprint density at radius 2 is 1.15 bits per heavy atom. The van der Waals surface area contributed by atoms with Gasteiger partial charge in [0.25, 0.3) is 0 Å². The van der Waals surface area contributed by atoms with Crippen LogP contribution >= 0.6 is 0 Å². The van der Waals surface area contributed by atoms with Gasteiger partial charge in [0, 0.05) is 50.5 Å². The lowest BCUT2D eigenvalue weighted by Gasteiger charge is -2.15. The minimum absolute atomic E-state index is 0.292. The molecule has 46 heavy (non-hydrogen) atoms. The van der Waals surface area contributed by atoms with Crippen LogP contribution < -0.4 is 10.1 Å². The predicted molar refractivity (Wildman–Crippen MR) is 162 cm³/mol. The monoisotopic (exact) mass is 643 g/mol. The number of carboxylic acid groups (broad SMARTS) is 4.